The van der Waals surface area contributed by atoms with E-state index in [1.807, 2.05) is 0 Å². The van der Waals surface area contributed by atoms with E-state index in [1.54, 1.807) is 21.0 Å². The first kappa shape index (κ1) is 13.9. The summed E-state index contributed by atoms with van der Waals surface area (Å²) < 4.78 is 0. The molecule has 0 aromatic rings. The van der Waals surface area contributed by atoms with E-state index in [2.05, 4.69) is 0 Å². The molecular weight excluding hydrogens is 196 g/mol. The molecule has 0 heterocycles. The number of rotatable bonds is 5. The summed E-state index contributed by atoms with van der Waals surface area (Å²) in [6, 6.07) is 0. The molecule has 0 saturated heterocycles. The van der Waals surface area contributed by atoms with Crippen LogP contribution in [0.5, 0.6) is 0 Å². The Kier molecular flexibility index (Phi) is 5.93. The molecule has 1 unspecified atom stereocenters. The van der Waals surface area contributed by atoms with Crippen molar-refractivity contribution in [3.8, 4) is 0 Å². The maximum absolute atomic E-state index is 11.5. The number of hydrogen-bond donors (Lipinski definition) is 1. The van der Waals surface area contributed by atoms with Crippen LogP contribution in [-0.4, -0.2) is 60.0 Å². The van der Waals surface area contributed by atoms with Crippen LogP contribution in [0.2, 0.25) is 0 Å². The van der Waals surface area contributed by atoms with Gasteiger partial charge in [0.1, 0.15) is 0 Å². The maximum Gasteiger partial charge on any atom is 0.241 e. The molecule has 0 spiro atoms. The SMILES string of the molecule is CC(=O)N(C)CC(=O)N(C)CCC(C)O. The number of carbonyl (C=O) groups is 2. The molecule has 0 aromatic carbocycles. The largest absolute Gasteiger partial charge is 0.393 e. The molecule has 0 rings (SSSR count). The topological polar surface area (TPSA) is 60.9 Å². The molecule has 0 fully saturated rings. The summed E-state index contributed by atoms with van der Waals surface area (Å²) in [5.74, 6) is -0.249. The number of carbonyl (C=O) groups excluding carboxylic acids is 2. The Morgan fingerprint density at radius 3 is 2.20 bits per heavy atom. The van der Waals surface area contributed by atoms with Crippen LogP contribution in [0.15, 0.2) is 0 Å². The van der Waals surface area contributed by atoms with Crippen molar-refractivity contribution in [3.05, 3.63) is 0 Å². The molecule has 15 heavy (non-hydrogen) atoms. The maximum atomic E-state index is 11.5. The van der Waals surface area contributed by atoms with Crippen LogP contribution in [0.1, 0.15) is 20.3 Å². The summed E-state index contributed by atoms with van der Waals surface area (Å²) in [5.41, 5.74) is 0. The molecule has 0 aliphatic rings. The lowest BCUT2D eigenvalue weighted by Gasteiger charge is -2.21. The average molecular weight is 216 g/mol. The van der Waals surface area contributed by atoms with Gasteiger partial charge in [0.2, 0.25) is 11.8 Å². The minimum atomic E-state index is -0.411. The fraction of sp³-hybridized carbons (Fsp3) is 0.800. The normalized spacial score (nSPS) is 12.1. The quantitative estimate of drug-likeness (QED) is 0.686. The molecule has 0 aliphatic heterocycles. The zero-order valence-electron chi connectivity index (χ0n) is 9.86. The van der Waals surface area contributed by atoms with Crippen molar-refractivity contribution in [3.63, 3.8) is 0 Å². The van der Waals surface area contributed by atoms with E-state index in [-0.39, 0.29) is 18.4 Å². The van der Waals surface area contributed by atoms with Crippen LogP contribution in [0.25, 0.3) is 0 Å². The van der Waals surface area contributed by atoms with Gasteiger partial charge in [-0.05, 0) is 13.3 Å². The molecule has 1 N–H and O–H groups in total. The fourth-order valence-corrected chi connectivity index (χ4v) is 0.940. The van der Waals surface area contributed by atoms with Gasteiger partial charge in [-0.2, -0.15) is 0 Å². The van der Waals surface area contributed by atoms with Gasteiger partial charge in [0.25, 0.3) is 0 Å². The highest BCUT2D eigenvalue weighted by Gasteiger charge is 2.13. The Balaban J connectivity index is 3.94. The Labute approximate surface area is 90.7 Å². The second kappa shape index (κ2) is 6.40. The first-order valence-electron chi connectivity index (χ1n) is 4.98. The molecule has 0 radical (unpaired) electrons. The number of amides is 2. The summed E-state index contributed by atoms with van der Waals surface area (Å²) in [7, 11) is 3.25. The summed E-state index contributed by atoms with van der Waals surface area (Å²) in [4.78, 5) is 25.3. The molecule has 0 aromatic heterocycles. The Hall–Kier alpha value is -1.10. The van der Waals surface area contributed by atoms with Gasteiger partial charge in [-0.15, -0.1) is 0 Å². The van der Waals surface area contributed by atoms with Gasteiger partial charge in [0.05, 0.1) is 12.6 Å². The summed E-state index contributed by atoms with van der Waals surface area (Å²) in [5, 5.41) is 9.05. The molecular formula is C10H20N2O3. The van der Waals surface area contributed by atoms with Crippen LogP contribution < -0.4 is 0 Å². The molecule has 5 heteroatoms. The minimum absolute atomic E-state index is 0.0889. The summed E-state index contributed by atoms with van der Waals surface area (Å²) in [6.07, 6.45) is 0.136. The molecule has 0 saturated carbocycles. The number of aliphatic hydroxyl groups is 1. The van der Waals surface area contributed by atoms with Crippen molar-refractivity contribution in [2.75, 3.05) is 27.2 Å². The van der Waals surface area contributed by atoms with Crippen molar-refractivity contribution in [2.24, 2.45) is 0 Å². The fourth-order valence-electron chi connectivity index (χ4n) is 0.940. The highest BCUT2D eigenvalue weighted by molar-refractivity contribution is 5.83. The standard InChI is InChI=1S/C10H20N2O3/c1-8(13)5-6-11(3)10(15)7-12(4)9(2)14/h8,13H,5-7H2,1-4H3. The Bertz CT molecular complexity index is 229. The highest BCUT2D eigenvalue weighted by Crippen LogP contribution is 1.95. The predicted molar refractivity (Wildman–Crippen MR) is 57.2 cm³/mol. The summed E-state index contributed by atoms with van der Waals surface area (Å²) >= 11 is 0. The van der Waals surface area contributed by atoms with E-state index in [1.165, 1.54) is 16.7 Å². The molecule has 2 amide bonds. The molecule has 5 nitrogen and oxygen atoms in total. The zero-order valence-corrected chi connectivity index (χ0v) is 9.86. The summed E-state index contributed by atoms with van der Waals surface area (Å²) in [6.45, 7) is 3.69. The van der Waals surface area contributed by atoms with E-state index in [0.717, 1.165) is 0 Å². The van der Waals surface area contributed by atoms with Gasteiger partial charge in [0.15, 0.2) is 0 Å². The van der Waals surface area contributed by atoms with Crippen molar-refractivity contribution in [1.82, 2.24) is 9.80 Å². The van der Waals surface area contributed by atoms with Crippen LogP contribution in [0, 0.1) is 0 Å². The van der Waals surface area contributed by atoms with Gasteiger partial charge < -0.3 is 14.9 Å². The number of aliphatic hydroxyl groups excluding tert-OH is 1. The van der Waals surface area contributed by atoms with Crippen LogP contribution in [0.3, 0.4) is 0 Å². The second-order valence-corrected chi connectivity index (χ2v) is 3.83. The minimum Gasteiger partial charge on any atom is -0.393 e. The number of hydrogen-bond acceptors (Lipinski definition) is 3. The molecule has 1 atom stereocenters. The molecule has 0 aliphatic carbocycles. The monoisotopic (exact) mass is 216 g/mol. The van der Waals surface area contributed by atoms with Gasteiger partial charge in [-0.1, -0.05) is 0 Å². The van der Waals surface area contributed by atoms with Crippen molar-refractivity contribution < 1.29 is 14.7 Å². The lowest BCUT2D eigenvalue weighted by atomic mass is 10.3. The highest BCUT2D eigenvalue weighted by atomic mass is 16.3. The smallest absolute Gasteiger partial charge is 0.241 e. The van der Waals surface area contributed by atoms with Crippen LogP contribution >= 0.6 is 0 Å². The van der Waals surface area contributed by atoms with E-state index in [4.69, 9.17) is 5.11 Å². The van der Waals surface area contributed by atoms with Crippen LogP contribution in [-0.2, 0) is 9.59 Å². The van der Waals surface area contributed by atoms with E-state index < -0.39 is 6.10 Å². The third kappa shape index (κ3) is 6.06. The van der Waals surface area contributed by atoms with E-state index in [0.29, 0.717) is 13.0 Å². The van der Waals surface area contributed by atoms with Crippen molar-refractivity contribution in [1.29, 1.82) is 0 Å². The first-order valence-corrected chi connectivity index (χ1v) is 4.98. The second-order valence-electron chi connectivity index (χ2n) is 3.83. The van der Waals surface area contributed by atoms with Crippen molar-refractivity contribution >= 4 is 11.8 Å². The molecule has 0 bridgehead atoms. The third-order valence-corrected chi connectivity index (χ3v) is 2.22. The predicted octanol–water partition coefficient (Wildman–Crippen LogP) is -0.306. The first-order chi connectivity index (χ1) is 6.84. The lowest BCUT2D eigenvalue weighted by Crippen LogP contribution is -2.39. The van der Waals surface area contributed by atoms with Gasteiger partial charge in [-0.25, -0.2) is 0 Å². The van der Waals surface area contributed by atoms with Gasteiger partial charge in [0, 0.05) is 27.6 Å². The lowest BCUT2D eigenvalue weighted by molar-refractivity contribution is -0.137. The number of likely N-dealkylation sites (N-methyl/N-ethyl adjacent to an activating group) is 2. The molecule has 88 valence electrons. The van der Waals surface area contributed by atoms with Gasteiger partial charge in [-0.3, -0.25) is 9.59 Å². The van der Waals surface area contributed by atoms with Crippen molar-refractivity contribution in [2.45, 2.75) is 26.4 Å². The van der Waals surface area contributed by atoms with E-state index >= 15 is 0 Å². The zero-order chi connectivity index (χ0) is 12.0. The number of nitrogens with zero attached hydrogens (tertiary/aromatic N) is 2. The third-order valence-electron chi connectivity index (χ3n) is 2.22. The Morgan fingerprint density at radius 1 is 1.27 bits per heavy atom. The van der Waals surface area contributed by atoms with Gasteiger partial charge >= 0.3 is 0 Å². The average Bonchev–Trinajstić information content (AvgIpc) is 2.13. The Morgan fingerprint density at radius 2 is 1.80 bits per heavy atom. The van der Waals surface area contributed by atoms with Crippen LogP contribution in [0.4, 0.5) is 0 Å². The van der Waals surface area contributed by atoms with E-state index in [9.17, 15) is 9.59 Å².